The second-order valence-corrected chi connectivity index (χ2v) is 4.45. The largest absolute Gasteiger partial charge is 0.316 e. The van der Waals surface area contributed by atoms with Gasteiger partial charge in [0, 0.05) is 6.54 Å². The summed E-state index contributed by atoms with van der Waals surface area (Å²) in [6.07, 6.45) is 7.41. The highest BCUT2D eigenvalue weighted by atomic mass is 14.9. The lowest BCUT2D eigenvalue weighted by Gasteiger charge is -2.36. The maximum Gasteiger partial charge on any atom is 0.00110 e. The molecular formula is C14H31N. The summed E-state index contributed by atoms with van der Waals surface area (Å²) in [6, 6.07) is 0. The Morgan fingerprint density at radius 2 is 1.47 bits per heavy atom. The van der Waals surface area contributed by atoms with Crippen molar-refractivity contribution in [3.05, 3.63) is 0 Å². The molecule has 1 spiro atoms. The third kappa shape index (κ3) is 3.79. The average molecular weight is 213 g/mol. The Hall–Kier alpha value is -0.0400. The highest BCUT2D eigenvalue weighted by Gasteiger charge is 2.40. The summed E-state index contributed by atoms with van der Waals surface area (Å²) in [4.78, 5) is 0. The van der Waals surface area contributed by atoms with Gasteiger partial charge in [0.15, 0.2) is 0 Å². The van der Waals surface area contributed by atoms with Gasteiger partial charge in [-0.2, -0.15) is 0 Å². The molecule has 2 rings (SSSR count). The molecule has 1 saturated carbocycles. The van der Waals surface area contributed by atoms with Crippen LogP contribution >= 0.6 is 0 Å². The Bertz CT molecular complexity index is 136. The Morgan fingerprint density at radius 1 is 0.933 bits per heavy atom. The van der Waals surface area contributed by atoms with Gasteiger partial charge in [-0.3, -0.25) is 0 Å². The molecule has 15 heavy (non-hydrogen) atoms. The summed E-state index contributed by atoms with van der Waals surface area (Å²) >= 11 is 0. The second kappa shape index (κ2) is 8.15. The predicted molar refractivity (Wildman–Crippen MR) is 70.2 cm³/mol. The maximum absolute atomic E-state index is 3.53. The lowest BCUT2D eigenvalue weighted by Crippen LogP contribution is -2.31. The van der Waals surface area contributed by atoms with Crippen molar-refractivity contribution in [1.29, 1.82) is 0 Å². The van der Waals surface area contributed by atoms with E-state index in [2.05, 4.69) is 12.2 Å². The van der Waals surface area contributed by atoms with Crippen molar-refractivity contribution >= 4 is 0 Å². The lowest BCUT2D eigenvalue weighted by atomic mass is 9.68. The fourth-order valence-corrected chi connectivity index (χ4v) is 2.85. The molecule has 0 aromatic rings. The molecule has 1 saturated heterocycles. The molecule has 1 nitrogen and oxygen atoms in total. The van der Waals surface area contributed by atoms with E-state index in [0.29, 0.717) is 0 Å². The first-order chi connectivity index (χ1) is 7.33. The smallest absolute Gasteiger partial charge is 0.00110 e. The van der Waals surface area contributed by atoms with E-state index >= 15 is 0 Å². The van der Waals surface area contributed by atoms with Crippen molar-refractivity contribution in [2.45, 2.75) is 66.7 Å². The van der Waals surface area contributed by atoms with Gasteiger partial charge in [0.05, 0.1) is 0 Å². The molecule has 1 atom stereocenters. The van der Waals surface area contributed by atoms with Crippen molar-refractivity contribution < 1.29 is 0 Å². The molecule has 1 heterocycles. The van der Waals surface area contributed by atoms with E-state index < -0.39 is 0 Å². The quantitative estimate of drug-likeness (QED) is 0.635. The summed E-state index contributed by atoms with van der Waals surface area (Å²) < 4.78 is 0. The minimum atomic E-state index is 0.720. The zero-order valence-corrected chi connectivity index (χ0v) is 11.5. The van der Waals surface area contributed by atoms with Gasteiger partial charge in [-0.1, -0.05) is 53.9 Å². The summed E-state index contributed by atoms with van der Waals surface area (Å²) in [5, 5.41) is 3.53. The highest BCUT2D eigenvalue weighted by molar-refractivity contribution is 4.94. The van der Waals surface area contributed by atoms with E-state index in [-0.39, 0.29) is 0 Å². The topological polar surface area (TPSA) is 12.0 Å². The third-order valence-electron chi connectivity index (χ3n) is 3.82. The number of nitrogens with one attached hydrogen (secondary N) is 1. The maximum atomic E-state index is 3.53. The van der Waals surface area contributed by atoms with Crippen molar-refractivity contribution in [2.75, 3.05) is 13.1 Å². The molecule has 0 amide bonds. The van der Waals surface area contributed by atoms with E-state index in [0.717, 1.165) is 11.3 Å². The van der Waals surface area contributed by atoms with Crippen LogP contribution in [0.15, 0.2) is 0 Å². The minimum Gasteiger partial charge on any atom is -0.316 e. The van der Waals surface area contributed by atoms with Crippen LogP contribution < -0.4 is 5.32 Å². The zero-order valence-electron chi connectivity index (χ0n) is 11.5. The molecule has 0 bridgehead atoms. The molecule has 0 aromatic carbocycles. The standard InChI is InChI=1S/C10H19N.2C2H6/c1-9-7-11-8-10(9)5-3-2-4-6-10;2*1-2/h9,11H,2-8H2,1H3;2*1-2H3. The summed E-state index contributed by atoms with van der Waals surface area (Å²) in [5.41, 5.74) is 0.720. The Balaban J connectivity index is 0.000000442. The van der Waals surface area contributed by atoms with Gasteiger partial charge in [-0.15, -0.1) is 0 Å². The average Bonchev–Trinajstić information content (AvgIpc) is 2.67. The third-order valence-corrected chi connectivity index (χ3v) is 3.82. The van der Waals surface area contributed by atoms with E-state index in [9.17, 15) is 0 Å². The first kappa shape index (κ1) is 15.0. The van der Waals surface area contributed by atoms with Crippen LogP contribution in [0.3, 0.4) is 0 Å². The molecule has 0 radical (unpaired) electrons. The van der Waals surface area contributed by atoms with Gasteiger partial charge in [-0.25, -0.2) is 0 Å². The van der Waals surface area contributed by atoms with E-state index in [4.69, 9.17) is 0 Å². The summed E-state index contributed by atoms with van der Waals surface area (Å²) in [5.74, 6) is 0.933. The molecule has 1 unspecified atom stereocenters. The fraction of sp³-hybridized carbons (Fsp3) is 1.00. The Labute approximate surface area is 97.0 Å². The molecule has 2 fully saturated rings. The number of rotatable bonds is 0. The Morgan fingerprint density at radius 3 is 1.87 bits per heavy atom. The van der Waals surface area contributed by atoms with Crippen molar-refractivity contribution in [2.24, 2.45) is 11.3 Å². The van der Waals surface area contributed by atoms with Crippen LogP contribution in [0.25, 0.3) is 0 Å². The van der Waals surface area contributed by atoms with Crippen LogP contribution in [0.2, 0.25) is 0 Å². The highest BCUT2D eigenvalue weighted by Crippen LogP contribution is 2.44. The van der Waals surface area contributed by atoms with Crippen molar-refractivity contribution in [3.63, 3.8) is 0 Å². The lowest BCUT2D eigenvalue weighted by molar-refractivity contribution is 0.159. The van der Waals surface area contributed by atoms with Gasteiger partial charge in [0.2, 0.25) is 0 Å². The predicted octanol–water partition coefficient (Wildman–Crippen LogP) is 4.23. The summed E-state index contributed by atoms with van der Waals surface area (Å²) in [6.45, 7) is 13.0. The molecule has 2 aliphatic rings. The van der Waals surface area contributed by atoms with Crippen LogP contribution in [0.4, 0.5) is 0 Å². The molecular weight excluding hydrogens is 182 g/mol. The van der Waals surface area contributed by atoms with Gasteiger partial charge < -0.3 is 5.32 Å². The molecule has 1 heteroatoms. The van der Waals surface area contributed by atoms with Crippen LogP contribution in [0, 0.1) is 11.3 Å². The van der Waals surface area contributed by atoms with Crippen LogP contribution in [0.5, 0.6) is 0 Å². The monoisotopic (exact) mass is 213 g/mol. The van der Waals surface area contributed by atoms with Gasteiger partial charge in [0.1, 0.15) is 0 Å². The number of hydrogen-bond donors (Lipinski definition) is 1. The molecule has 1 aliphatic carbocycles. The number of hydrogen-bond acceptors (Lipinski definition) is 1. The molecule has 0 aromatic heterocycles. The van der Waals surface area contributed by atoms with Crippen molar-refractivity contribution in [3.8, 4) is 0 Å². The van der Waals surface area contributed by atoms with Crippen LogP contribution in [-0.4, -0.2) is 13.1 Å². The summed E-state index contributed by atoms with van der Waals surface area (Å²) in [7, 11) is 0. The van der Waals surface area contributed by atoms with Crippen molar-refractivity contribution in [1.82, 2.24) is 5.32 Å². The SMILES string of the molecule is CC.CC.CC1CNCC12CCCCC2. The molecule has 1 aliphatic heterocycles. The normalized spacial score (nSPS) is 27.4. The molecule has 92 valence electrons. The van der Waals surface area contributed by atoms with Gasteiger partial charge in [0.25, 0.3) is 0 Å². The van der Waals surface area contributed by atoms with E-state index in [1.54, 1.807) is 0 Å². The molecule has 1 N–H and O–H groups in total. The van der Waals surface area contributed by atoms with E-state index in [1.807, 2.05) is 27.7 Å². The second-order valence-electron chi connectivity index (χ2n) is 4.45. The van der Waals surface area contributed by atoms with Crippen LogP contribution in [-0.2, 0) is 0 Å². The van der Waals surface area contributed by atoms with E-state index in [1.165, 1.54) is 45.2 Å². The first-order valence-corrected chi connectivity index (χ1v) is 7.04. The zero-order chi connectivity index (χ0) is 11.7. The minimum absolute atomic E-state index is 0.720. The van der Waals surface area contributed by atoms with Gasteiger partial charge in [-0.05, 0) is 30.7 Å². The van der Waals surface area contributed by atoms with Crippen LogP contribution in [0.1, 0.15) is 66.7 Å². The van der Waals surface area contributed by atoms with Gasteiger partial charge >= 0.3 is 0 Å². The first-order valence-electron chi connectivity index (χ1n) is 7.04. The fourth-order valence-electron chi connectivity index (χ4n) is 2.85. The Kier molecular flexibility index (Phi) is 8.13.